The van der Waals surface area contributed by atoms with E-state index in [0.29, 0.717) is 13.0 Å². The summed E-state index contributed by atoms with van der Waals surface area (Å²) in [6.07, 6.45) is 1.31. The third-order valence-electron chi connectivity index (χ3n) is 2.74. The van der Waals surface area contributed by atoms with Crippen LogP contribution in [0.1, 0.15) is 35.6 Å². The zero-order chi connectivity index (χ0) is 12.1. The van der Waals surface area contributed by atoms with Crippen molar-refractivity contribution >= 4 is 17.2 Å². The van der Waals surface area contributed by atoms with Gasteiger partial charge in [-0.2, -0.15) is 0 Å². The molecule has 0 saturated heterocycles. The minimum Gasteiger partial charge on any atom is -0.338 e. The minimum atomic E-state index is 0.156. The number of hydrogen-bond donors (Lipinski definition) is 1. The second-order valence-corrected chi connectivity index (χ2v) is 5.34. The summed E-state index contributed by atoms with van der Waals surface area (Å²) in [5, 5.41) is 0. The van der Waals surface area contributed by atoms with Gasteiger partial charge < -0.3 is 10.6 Å². The molecule has 1 aromatic heterocycles. The summed E-state index contributed by atoms with van der Waals surface area (Å²) < 4.78 is 0. The van der Waals surface area contributed by atoms with Crippen molar-refractivity contribution in [3.05, 3.63) is 21.9 Å². The molecule has 0 bridgehead atoms. The van der Waals surface area contributed by atoms with Gasteiger partial charge in [0.1, 0.15) is 0 Å². The van der Waals surface area contributed by atoms with Gasteiger partial charge in [-0.15, -0.1) is 11.3 Å². The van der Waals surface area contributed by atoms with Crippen molar-refractivity contribution in [2.24, 2.45) is 5.73 Å². The van der Waals surface area contributed by atoms with Gasteiger partial charge in [-0.05, 0) is 38.9 Å². The van der Waals surface area contributed by atoms with Crippen molar-refractivity contribution in [1.29, 1.82) is 0 Å². The van der Waals surface area contributed by atoms with Crippen LogP contribution in [-0.4, -0.2) is 24.4 Å². The molecule has 1 aromatic rings. The Morgan fingerprint density at radius 1 is 1.56 bits per heavy atom. The van der Waals surface area contributed by atoms with E-state index in [1.54, 1.807) is 16.2 Å². The van der Waals surface area contributed by atoms with Gasteiger partial charge in [-0.3, -0.25) is 4.79 Å². The van der Waals surface area contributed by atoms with Crippen molar-refractivity contribution in [3.8, 4) is 0 Å². The molecule has 3 nitrogen and oxygen atoms in total. The van der Waals surface area contributed by atoms with Crippen LogP contribution in [0.15, 0.2) is 12.1 Å². The van der Waals surface area contributed by atoms with Crippen LogP contribution >= 0.6 is 11.3 Å². The molecule has 0 aliphatic heterocycles. The first-order valence-electron chi connectivity index (χ1n) is 5.58. The van der Waals surface area contributed by atoms with E-state index >= 15 is 0 Å². The van der Waals surface area contributed by atoms with E-state index in [0.717, 1.165) is 6.42 Å². The summed E-state index contributed by atoms with van der Waals surface area (Å²) in [5.41, 5.74) is 5.40. The maximum Gasteiger partial charge on any atom is 0.222 e. The van der Waals surface area contributed by atoms with Crippen LogP contribution in [0.2, 0.25) is 0 Å². The zero-order valence-corrected chi connectivity index (χ0v) is 11.0. The lowest BCUT2D eigenvalue weighted by Gasteiger charge is -2.24. The Hall–Kier alpha value is -0.870. The van der Waals surface area contributed by atoms with E-state index in [-0.39, 0.29) is 11.9 Å². The van der Waals surface area contributed by atoms with Gasteiger partial charge in [0.15, 0.2) is 0 Å². The van der Waals surface area contributed by atoms with Gasteiger partial charge in [0, 0.05) is 23.2 Å². The van der Waals surface area contributed by atoms with Crippen LogP contribution < -0.4 is 5.73 Å². The predicted octanol–water partition coefficient (Wildman–Crippen LogP) is 2.31. The van der Waals surface area contributed by atoms with Crippen molar-refractivity contribution in [2.45, 2.75) is 32.7 Å². The summed E-state index contributed by atoms with van der Waals surface area (Å²) in [7, 11) is 1.86. The monoisotopic (exact) mass is 240 g/mol. The summed E-state index contributed by atoms with van der Waals surface area (Å²) >= 11 is 1.75. The molecule has 0 aliphatic carbocycles. The lowest BCUT2D eigenvalue weighted by molar-refractivity contribution is -0.131. The number of rotatable bonds is 5. The molecule has 4 heteroatoms. The van der Waals surface area contributed by atoms with Gasteiger partial charge in [-0.1, -0.05) is 0 Å². The molecular formula is C12H20N2OS. The fourth-order valence-corrected chi connectivity index (χ4v) is 2.49. The number of carbonyl (C=O) groups excluding carboxylic acids is 1. The summed E-state index contributed by atoms with van der Waals surface area (Å²) in [6, 6.07) is 4.34. The van der Waals surface area contributed by atoms with Crippen LogP contribution in [0.4, 0.5) is 0 Å². The fourth-order valence-electron chi connectivity index (χ4n) is 1.51. The van der Waals surface area contributed by atoms with Crippen molar-refractivity contribution in [3.63, 3.8) is 0 Å². The first-order chi connectivity index (χ1) is 7.56. The topological polar surface area (TPSA) is 46.3 Å². The normalized spacial score (nSPS) is 12.5. The quantitative estimate of drug-likeness (QED) is 0.858. The summed E-state index contributed by atoms with van der Waals surface area (Å²) in [6.45, 7) is 4.72. The molecule has 0 radical (unpaired) electrons. The molecule has 0 aromatic carbocycles. The Morgan fingerprint density at radius 3 is 2.75 bits per heavy atom. The molecule has 0 aliphatic rings. The van der Waals surface area contributed by atoms with Crippen molar-refractivity contribution in [1.82, 2.24) is 4.90 Å². The highest BCUT2D eigenvalue weighted by Gasteiger charge is 2.17. The molecule has 1 amide bonds. The van der Waals surface area contributed by atoms with Gasteiger partial charge in [-0.25, -0.2) is 0 Å². The molecule has 2 N–H and O–H groups in total. The number of hydrogen-bond acceptors (Lipinski definition) is 3. The first kappa shape index (κ1) is 13.2. The highest BCUT2D eigenvalue weighted by Crippen LogP contribution is 2.26. The van der Waals surface area contributed by atoms with E-state index in [1.165, 1.54) is 9.75 Å². The number of aryl methyl sites for hydroxylation is 1. The smallest absolute Gasteiger partial charge is 0.222 e. The molecule has 1 heterocycles. The standard InChI is InChI=1S/C12H20N2OS/c1-9-6-7-11(16-9)10(2)14(3)12(15)5-4-8-13/h6-7,10H,4-5,8,13H2,1-3H3. The molecule has 1 atom stereocenters. The molecule has 0 saturated carbocycles. The predicted molar refractivity (Wildman–Crippen MR) is 68.5 cm³/mol. The molecule has 1 rings (SSSR count). The molecule has 16 heavy (non-hydrogen) atoms. The highest BCUT2D eigenvalue weighted by atomic mass is 32.1. The summed E-state index contributed by atoms with van der Waals surface area (Å²) in [4.78, 5) is 16.1. The Morgan fingerprint density at radius 2 is 2.25 bits per heavy atom. The lowest BCUT2D eigenvalue weighted by atomic mass is 10.2. The Bertz CT molecular complexity index is 349. The Labute approximate surface area is 101 Å². The van der Waals surface area contributed by atoms with Gasteiger partial charge >= 0.3 is 0 Å². The summed E-state index contributed by atoms with van der Waals surface area (Å²) in [5.74, 6) is 0.170. The second kappa shape index (κ2) is 6.01. The van der Waals surface area contributed by atoms with Crippen molar-refractivity contribution < 1.29 is 4.79 Å². The Balaban J connectivity index is 2.59. The first-order valence-corrected chi connectivity index (χ1v) is 6.40. The number of nitrogens with two attached hydrogens (primary N) is 1. The van der Waals surface area contributed by atoms with Crippen LogP contribution in [0.3, 0.4) is 0 Å². The van der Waals surface area contributed by atoms with Gasteiger partial charge in [0.2, 0.25) is 5.91 Å². The lowest BCUT2D eigenvalue weighted by Crippen LogP contribution is -2.29. The average Bonchev–Trinajstić information content (AvgIpc) is 2.70. The average molecular weight is 240 g/mol. The highest BCUT2D eigenvalue weighted by molar-refractivity contribution is 7.12. The van der Waals surface area contributed by atoms with Crippen LogP contribution in [0.25, 0.3) is 0 Å². The van der Waals surface area contributed by atoms with Gasteiger partial charge in [0.25, 0.3) is 0 Å². The minimum absolute atomic E-state index is 0.156. The largest absolute Gasteiger partial charge is 0.338 e. The van der Waals surface area contributed by atoms with E-state index in [4.69, 9.17) is 5.73 Å². The maximum atomic E-state index is 11.8. The second-order valence-electron chi connectivity index (χ2n) is 4.02. The molecule has 0 fully saturated rings. The molecule has 0 spiro atoms. The van der Waals surface area contributed by atoms with Gasteiger partial charge in [0.05, 0.1) is 6.04 Å². The van der Waals surface area contributed by atoms with E-state index in [9.17, 15) is 4.79 Å². The third-order valence-corrected chi connectivity index (χ3v) is 3.91. The van der Waals surface area contributed by atoms with Crippen molar-refractivity contribution in [2.75, 3.05) is 13.6 Å². The van der Waals surface area contributed by atoms with E-state index in [2.05, 4.69) is 26.0 Å². The Kier molecular flexibility index (Phi) is 4.96. The number of carbonyl (C=O) groups is 1. The fraction of sp³-hybridized carbons (Fsp3) is 0.583. The molecule has 1 unspecified atom stereocenters. The number of amides is 1. The molecule has 90 valence electrons. The van der Waals surface area contributed by atoms with E-state index in [1.807, 2.05) is 7.05 Å². The maximum absolute atomic E-state index is 11.8. The van der Waals surface area contributed by atoms with Crippen LogP contribution in [0, 0.1) is 6.92 Å². The number of thiophene rings is 1. The SMILES string of the molecule is Cc1ccc(C(C)N(C)C(=O)CCCN)s1. The van der Waals surface area contributed by atoms with Crippen LogP contribution in [-0.2, 0) is 4.79 Å². The van der Waals surface area contributed by atoms with Crippen LogP contribution in [0.5, 0.6) is 0 Å². The number of nitrogens with zero attached hydrogens (tertiary/aromatic N) is 1. The third kappa shape index (κ3) is 3.32. The van der Waals surface area contributed by atoms with E-state index < -0.39 is 0 Å². The molecular weight excluding hydrogens is 220 g/mol. The zero-order valence-electron chi connectivity index (χ0n) is 10.2.